The molecule has 1 saturated carbocycles. The number of rotatable bonds is 4. The molecular weight excluding hydrogens is 310 g/mol. The summed E-state index contributed by atoms with van der Waals surface area (Å²) in [5.74, 6) is -0.293. The van der Waals surface area contributed by atoms with E-state index in [2.05, 4.69) is 34.2 Å². The van der Waals surface area contributed by atoms with Crippen LogP contribution in [0.2, 0.25) is 0 Å². The van der Waals surface area contributed by atoms with Gasteiger partial charge in [-0.25, -0.2) is 13.8 Å². The van der Waals surface area contributed by atoms with E-state index in [4.69, 9.17) is 0 Å². The Morgan fingerprint density at radius 3 is 2.67 bits per heavy atom. The molecule has 132 valence electrons. The number of pyridine rings is 1. The third kappa shape index (κ3) is 3.05. The first-order chi connectivity index (χ1) is 11.4. The number of likely N-dealkylation sites (N-methyl/N-ethyl adjacent to an activating group) is 1. The molecule has 0 bridgehead atoms. The van der Waals surface area contributed by atoms with Gasteiger partial charge in [0.2, 0.25) is 0 Å². The van der Waals surface area contributed by atoms with E-state index in [0.717, 1.165) is 29.8 Å². The van der Waals surface area contributed by atoms with Gasteiger partial charge in [-0.15, -0.1) is 0 Å². The Balaban J connectivity index is 1.90. The lowest BCUT2D eigenvalue weighted by atomic mass is 10.1. The van der Waals surface area contributed by atoms with Crippen LogP contribution >= 0.6 is 0 Å². The van der Waals surface area contributed by atoms with Crippen molar-refractivity contribution in [3.8, 4) is 0 Å². The molecule has 4 nitrogen and oxygen atoms in total. The van der Waals surface area contributed by atoms with Gasteiger partial charge in [-0.2, -0.15) is 0 Å². The van der Waals surface area contributed by atoms with Gasteiger partial charge in [0.15, 0.2) is 0 Å². The smallest absolute Gasteiger partial charge is 0.145 e. The van der Waals surface area contributed by atoms with Crippen LogP contribution < -0.4 is 5.32 Å². The molecular formula is C18H26F2N4. The maximum absolute atomic E-state index is 14.0. The van der Waals surface area contributed by atoms with E-state index in [9.17, 15) is 8.78 Å². The number of nitrogens with one attached hydrogen (secondary N) is 1. The summed E-state index contributed by atoms with van der Waals surface area (Å²) >= 11 is 0. The third-order valence-electron chi connectivity index (χ3n) is 5.16. The summed E-state index contributed by atoms with van der Waals surface area (Å²) in [6, 6.07) is 1.74. The molecule has 3 rings (SSSR count). The van der Waals surface area contributed by atoms with E-state index in [1.54, 1.807) is 19.2 Å². The number of hydrogen-bond acceptors (Lipinski definition) is 4. The summed E-state index contributed by atoms with van der Waals surface area (Å²) in [4.78, 5) is 4.17. The normalized spacial score (nSPS) is 28.2. The number of aromatic nitrogens is 1. The predicted octanol–water partition coefficient (Wildman–Crippen LogP) is 3.25. The van der Waals surface area contributed by atoms with Gasteiger partial charge in [-0.1, -0.05) is 0 Å². The highest BCUT2D eigenvalue weighted by atomic mass is 19.1. The molecule has 2 heterocycles. The Bertz CT molecular complexity index is 646. The zero-order valence-corrected chi connectivity index (χ0v) is 14.8. The highest BCUT2D eigenvalue weighted by Crippen LogP contribution is 2.35. The van der Waals surface area contributed by atoms with Crippen LogP contribution in [-0.2, 0) is 0 Å². The highest BCUT2D eigenvalue weighted by Gasteiger charge is 2.37. The van der Waals surface area contributed by atoms with Crippen molar-refractivity contribution in [2.45, 2.75) is 58.4 Å². The molecule has 3 atom stereocenters. The monoisotopic (exact) mass is 336 g/mol. The first kappa shape index (κ1) is 17.3. The minimum absolute atomic E-state index is 0.000357. The summed E-state index contributed by atoms with van der Waals surface area (Å²) in [5.41, 5.74) is 3.29. The molecule has 0 saturated heterocycles. The van der Waals surface area contributed by atoms with Crippen LogP contribution in [-0.4, -0.2) is 47.0 Å². The second kappa shape index (κ2) is 6.76. The van der Waals surface area contributed by atoms with Gasteiger partial charge in [0, 0.05) is 31.4 Å². The van der Waals surface area contributed by atoms with Gasteiger partial charge < -0.3 is 5.01 Å². The molecule has 0 aromatic carbocycles. The zero-order valence-electron chi connectivity index (χ0n) is 14.8. The average molecular weight is 336 g/mol. The molecule has 0 radical (unpaired) electrons. The standard InChI is InChI=1S/C18H26F2N4/c1-5-24-17(13-8-16(20)12(3)21-10-13)11(2)18(23(24)4)22-15-7-6-14(19)9-15/h8,10,14-15,18,22H,5-7,9H2,1-4H3/t14-,15+,18?/m1/s1. The fourth-order valence-corrected chi connectivity index (χ4v) is 3.84. The van der Waals surface area contributed by atoms with Crippen LogP contribution in [0.1, 0.15) is 44.4 Å². The molecule has 1 fully saturated rings. The van der Waals surface area contributed by atoms with E-state index in [0.29, 0.717) is 18.5 Å². The van der Waals surface area contributed by atoms with E-state index >= 15 is 0 Å². The van der Waals surface area contributed by atoms with E-state index in [-0.39, 0.29) is 18.0 Å². The molecule has 1 aliphatic carbocycles. The van der Waals surface area contributed by atoms with Gasteiger partial charge in [-0.3, -0.25) is 10.3 Å². The molecule has 0 amide bonds. The third-order valence-corrected chi connectivity index (χ3v) is 5.16. The molecule has 1 aromatic heterocycles. The lowest BCUT2D eigenvalue weighted by Gasteiger charge is -2.33. The van der Waals surface area contributed by atoms with E-state index in [1.807, 2.05) is 7.05 Å². The minimum atomic E-state index is -0.698. The van der Waals surface area contributed by atoms with E-state index in [1.165, 1.54) is 0 Å². The number of halogens is 2. The van der Waals surface area contributed by atoms with Crippen LogP contribution in [0.15, 0.2) is 17.8 Å². The summed E-state index contributed by atoms with van der Waals surface area (Å²) < 4.78 is 27.5. The summed E-state index contributed by atoms with van der Waals surface area (Å²) in [5, 5.41) is 7.81. The fourth-order valence-electron chi connectivity index (χ4n) is 3.84. The lowest BCUT2D eigenvalue weighted by Crippen LogP contribution is -2.49. The average Bonchev–Trinajstić information content (AvgIpc) is 3.06. The predicted molar refractivity (Wildman–Crippen MR) is 91.1 cm³/mol. The zero-order chi connectivity index (χ0) is 17.4. The lowest BCUT2D eigenvalue weighted by molar-refractivity contribution is 0.0407. The first-order valence-electron chi connectivity index (χ1n) is 8.66. The second-order valence-electron chi connectivity index (χ2n) is 6.79. The second-order valence-corrected chi connectivity index (χ2v) is 6.79. The van der Waals surface area contributed by atoms with Gasteiger partial charge >= 0.3 is 0 Å². The van der Waals surface area contributed by atoms with Crippen molar-refractivity contribution in [3.05, 3.63) is 34.9 Å². The van der Waals surface area contributed by atoms with Crippen molar-refractivity contribution in [1.29, 1.82) is 0 Å². The van der Waals surface area contributed by atoms with Crippen LogP contribution in [0.5, 0.6) is 0 Å². The van der Waals surface area contributed by atoms with Gasteiger partial charge in [0.05, 0.1) is 11.4 Å². The molecule has 1 aromatic rings. The largest absolute Gasteiger partial charge is 0.304 e. The Morgan fingerprint density at radius 2 is 2.08 bits per heavy atom. The number of aryl methyl sites for hydroxylation is 1. The van der Waals surface area contributed by atoms with Crippen molar-refractivity contribution in [1.82, 2.24) is 20.3 Å². The van der Waals surface area contributed by atoms with Crippen LogP contribution in [0.4, 0.5) is 8.78 Å². The fraction of sp³-hybridized carbons (Fsp3) is 0.611. The topological polar surface area (TPSA) is 31.4 Å². The molecule has 1 unspecified atom stereocenters. The highest BCUT2D eigenvalue weighted by molar-refractivity contribution is 5.69. The number of hydrazine groups is 1. The maximum Gasteiger partial charge on any atom is 0.145 e. The molecule has 6 heteroatoms. The Kier molecular flexibility index (Phi) is 4.88. The summed E-state index contributed by atoms with van der Waals surface area (Å²) in [7, 11) is 2.01. The van der Waals surface area contributed by atoms with Crippen molar-refractivity contribution in [2.24, 2.45) is 0 Å². The Hall–Kier alpha value is -1.53. The van der Waals surface area contributed by atoms with Crippen molar-refractivity contribution < 1.29 is 8.78 Å². The Morgan fingerprint density at radius 1 is 1.33 bits per heavy atom. The van der Waals surface area contributed by atoms with Gasteiger partial charge in [-0.05, 0) is 51.7 Å². The molecule has 24 heavy (non-hydrogen) atoms. The number of alkyl halides is 1. The van der Waals surface area contributed by atoms with Crippen LogP contribution in [0.25, 0.3) is 5.70 Å². The van der Waals surface area contributed by atoms with Crippen molar-refractivity contribution >= 4 is 5.70 Å². The van der Waals surface area contributed by atoms with Crippen molar-refractivity contribution in [2.75, 3.05) is 13.6 Å². The first-order valence-corrected chi connectivity index (χ1v) is 8.66. The molecule has 1 N–H and O–H groups in total. The SMILES string of the molecule is CCN1C(c2cnc(C)c(F)c2)=C(C)C(N[C@H]2CC[C@@H](F)C2)N1C. The molecule has 2 aliphatic rings. The van der Waals surface area contributed by atoms with Gasteiger partial charge in [0.25, 0.3) is 0 Å². The number of nitrogens with zero attached hydrogens (tertiary/aromatic N) is 3. The minimum Gasteiger partial charge on any atom is -0.304 e. The Labute approximate surface area is 142 Å². The van der Waals surface area contributed by atoms with Crippen LogP contribution in [0, 0.1) is 12.7 Å². The maximum atomic E-state index is 14.0. The van der Waals surface area contributed by atoms with Gasteiger partial charge in [0.1, 0.15) is 18.2 Å². The summed E-state index contributed by atoms with van der Waals surface area (Å²) in [6.45, 7) is 6.56. The van der Waals surface area contributed by atoms with E-state index < -0.39 is 6.17 Å². The summed E-state index contributed by atoms with van der Waals surface area (Å²) in [6.07, 6.45) is 3.09. The van der Waals surface area contributed by atoms with Crippen LogP contribution in [0.3, 0.4) is 0 Å². The van der Waals surface area contributed by atoms with Crippen molar-refractivity contribution in [3.63, 3.8) is 0 Å². The molecule has 1 aliphatic heterocycles. The quantitative estimate of drug-likeness (QED) is 0.915. The number of hydrogen-bond donors (Lipinski definition) is 1. The molecule has 0 spiro atoms.